The molecule has 0 aliphatic carbocycles. The molecule has 0 saturated carbocycles. The van der Waals surface area contributed by atoms with Crippen molar-refractivity contribution in [2.45, 2.75) is 18.7 Å². The van der Waals surface area contributed by atoms with Crippen molar-refractivity contribution in [3.63, 3.8) is 0 Å². The molecule has 0 atom stereocenters. The zero-order chi connectivity index (χ0) is 21.9. The summed E-state index contributed by atoms with van der Waals surface area (Å²) in [5.41, 5.74) is 2.04. The SMILES string of the molecule is Cc1noc([N-]S(=O)(=O)c2ccc(NC(=O)C=Cc3c(Cl)cccc3Cl)cc2)c1C. The van der Waals surface area contributed by atoms with Crippen LogP contribution in [0.3, 0.4) is 0 Å². The molecule has 0 bridgehead atoms. The van der Waals surface area contributed by atoms with E-state index in [9.17, 15) is 13.2 Å². The van der Waals surface area contributed by atoms with E-state index in [0.29, 0.717) is 32.6 Å². The molecule has 1 heterocycles. The lowest BCUT2D eigenvalue weighted by Crippen LogP contribution is -2.08. The summed E-state index contributed by atoms with van der Waals surface area (Å²) in [6, 6.07) is 10.6. The quantitative estimate of drug-likeness (QED) is 0.474. The zero-order valence-electron chi connectivity index (χ0n) is 15.9. The first kappa shape index (κ1) is 21.9. The number of aromatic nitrogens is 1. The van der Waals surface area contributed by atoms with E-state index < -0.39 is 15.9 Å². The monoisotopic (exact) mass is 464 g/mol. The van der Waals surface area contributed by atoms with Crippen molar-refractivity contribution < 1.29 is 17.7 Å². The highest BCUT2D eigenvalue weighted by molar-refractivity contribution is 7.94. The minimum absolute atomic E-state index is 0.0488. The van der Waals surface area contributed by atoms with Crippen LogP contribution in [0.25, 0.3) is 10.8 Å². The molecule has 3 rings (SSSR count). The lowest BCUT2D eigenvalue weighted by Gasteiger charge is -2.19. The van der Waals surface area contributed by atoms with Gasteiger partial charge in [0.1, 0.15) is 10.0 Å². The van der Waals surface area contributed by atoms with Crippen LogP contribution < -0.4 is 5.32 Å². The van der Waals surface area contributed by atoms with Gasteiger partial charge in [0.25, 0.3) is 0 Å². The van der Waals surface area contributed by atoms with E-state index >= 15 is 0 Å². The maximum atomic E-state index is 12.4. The van der Waals surface area contributed by atoms with Gasteiger partial charge in [-0.25, -0.2) is 8.42 Å². The van der Waals surface area contributed by atoms with Gasteiger partial charge in [-0.2, -0.15) is 0 Å². The van der Waals surface area contributed by atoms with Crippen LogP contribution in [-0.4, -0.2) is 19.5 Å². The van der Waals surface area contributed by atoms with E-state index in [4.69, 9.17) is 27.7 Å². The third-order valence-corrected chi connectivity index (χ3v) is 6.09. The number of sulfonamides is 1. The molecular weight excluding hydrogens is 449 g/mol. The Hall–Kier alpha value is -2.81. The number of benzene rings is 2. The van der Waals surface area contributed by atoms with E-state index in [1.807, 2.05) is 0 Å². The van der Waals surface area contributed by atoms with Crippen LogP contribution in [0.15, 0.2) is 58.0 Å². The second kappa shape index (κ2) is 8.91. The maximum absolute atomic E-state index is 12.4. The van der Waals surface area contributed by atoms with Crippen molar-refractivity contribution in [1.29, 1.82) is 0 Å². The summed E-state index contributed by atoms with van der Waals surface area (Å²) >= 11 is 12.1. The molecule has 1 amide bonds. The van der Waals surface area contributed by atoms with Gasteiger partial charge >= 0.3 is 0 Å². The Morgan fingerprint density at radius 2 is 1.73 bits per heavy atom. The van der Waals surface area contributed by atoms with E-state index in [0.717, 1.165) is 0 Å². The minimum atomic E-state index is -3.99. The van der Waals surface area contributed by atoms with E-state index in [1.54, 1.807) is 32.0 Å². The van der Waals surface area contributed by atoms with Gasteiger partial charge in [-0.05, 0) is 61.9 Å². The molecular formula is C20H16Cl2N3O4S-. The molecule has 1 aromatic heterocycles. The summed E-state index contributed by atoms with van der Waals surface area (Å²) in [5, 5.41) is 7.15. The molecule has 0 spiro atoms. The van der Waals surface area contributed by atoms with Gasteiger partial charge in [-0.3, -0.25) is 4.79 Å². The van der Waals surface area contributed by atoms with Crippen molar-refractivity contribution in [2.24, 2.45) is 0 Å². The number of halogens is 2. The first-order chi connectivity index (χ1) is 14.2. The summed E-state index contributed by atoms with van der Waals surface area (Å²) in [5.74, 6) is -0.493. The number of amides is 1. The third-order valence-electron chi connectivity index (χ3n) is 4.16. The van der Waals surface area contributed by atoms with Crippen molar-refractivity contribution in [3.05, 3.63) is 80.1 Å². The van der Waals surface area contributed by atoms with Gasteiger partial charge in [-0.15, -0.1) is 0 Å². The molecule has 0 unspecified atom stereocenters. The number of hydrogen-bond acceptors (Lipinski definition) is 5. The van der Waals surface area contributed by atoms with Gasteiger partial charge < -0.3 is 14.6 Å². The summed E-state index contributed by atoms with van der Waals surface area (Å²) < 4.78 is 33.5. The number of hydrogen-bond donors (Lipinski definition) is 1. The molecule has 3 aromatic rings. The fourth-order valence-corrected chi connectivity index (χ4v) is 3.87. The number of carbonyl (C=O) groups excluding carboxylic acids is 1. The van der Waals surface area contributed by atoms with Crippen molar-refractivity contribution >= 4 is 56.8 Å². The molecule has 0 saturated heterocycles. The predicted octanol–water partition coefficient (Wildman–Crippen LogP) is 5.64. The number of rotatable bonds is 6. The van der Waals surface area contributed by atoms with E-state index in [2.05, 4.69) is 15.2 Å². The second-order valence-corrected chi connectivity index (χ2v) is 8.67. The Morgan fingerprint density at radius 3 is 2.30 bits per heavy atom. The van der Waals surface area contributed by atoms with Crippen LogP contribution in [-0.2, 0) is 14.8 Å². The smallest absolute Gasteiger partial charge is 0.248 e. The summed E-state index contributed by atoms with van der Waals surface area (Å²) in [7, 11) is -3.99. The lowest BCUT2D eigenvalue weighted by atomic mass is 10.2. The van der Waals surface area contributed by atoms with Crippen LogP contribution in [0, 0.1) is 13.8 Å². The number of nitrogens with one attached hydrogen (secondary N) is 1. The Bertz CT molecular complexity index is 1200. The third kappa shape index (κ3) is 5.02. The first-order valence-electron chi connectivity index (χ1n) is 8.61. The van der Waals surface area contributed by atoms with Gasteiger partial charge in [0.2, 0.25) is 5.91 Å². The van der Waals surface area contributed by atoms with E-state index in [1.165, 1.54) is 36.4 Å². The molecule has 10 heteroatoms. The number of nitrogens with zero attached hydrogens (tertiary/aromatic N) is 2. The lowest BCUT2D eigenvalue weighted by molar-refractivity contribution is -0.111. The fraction of sp³-hybridized carbons (Fsp3) is 0.100. The molecule has 0 radical (unpaired) electrons. The van der Waals surface area contributed by atoms with Crippen molar-refractivity contribution in [1.82, 2.24) is 5.16 Å². The maximum Gasteiger partial charge on any atom is 0.248 e. The van der Waals surface area contributed by atoms with Gasteiger partial charge in [-0.1, -0.05) is 34.4 Å². The standard InChI is InChI=1S/C20H17Cl2N3O4S/c1-12-13(2)24-29-20(12)25-30(27,28)15-8-6-14(7-9-15)23-19(26)11-10-16-17(21)4-3-5-18(16)22/h3-11H,1-2H3,(H2,23,24,25,26)/p-1. The topological polar surface area (TPSA) is 103 Å². The zero-order valence-corrected chi connectivity index (χ0v) is 18.2. The first-order valence-corrected chi connectivity index (χ1v) is 10.8. The number of anilines is 1. The van der Waals surface area contributed by atoms with Crippen molar-refractivity contribution in [2.75, 3.05) is 5.32 Å². The highest BCUT2D eigenvalue weighted by Crippen LogP contribution is 2.32. The summed E-state index contributed by atoms with van der Waals surface area (Å²) in [6.07, 6.45) is 2.78. The average Bonchev–Trinajstić information content (AvgIpc) is 2.99. The van der Waals surface area contributed by atoms with Crippen LogP contribution in [0.4, 0.5) is 11.6 Å². The molecule has 1 N–H and O–H groups in total. The molecule has 0 fully saturated rings. The van der Waals surface area contributed by atoms with Crippen LogP contribution in [0.1, 0.15) is 16.8 Å². The predicted molar refractivity (Wildman–Crippen MR) is 117 cm³/mol. The fourth-order valence-electron chi connectivity index (χ4n) is 2.37. The molecule has 30 heavy (non-hydrogen) atoms. The van der Waals surface area contributed by atoms with Crippen LogP contribution in [0.2, 0.25) is 10.0 Å². The number of carbonyl (C=O) groups is 1. The normalized spacial score (nSPS) is 11.6. The Balaban J connectivity index is 1.69. The van der Waals surface area contributed by atoms with Gasteiger partial charge in [0, 0.05) is 27.4 Å². The highest BCUT2D eigenvalue weighted by Gasteiger charge is 2.10. The average molecular weight is 465 g/mol. The second-order valence-electron chi connectivity index (χ2n) is 6.25. The molecule has 2 aromatic carbocycles. The number of aryl methyl sites for hydroxylation is 1. The Morgan fingerprint density at radius 1 is 1.10 bits per heavy atom. The van der Waals surface area contributed by atoms with Crippen LogP contribution >= 0.6 is 23.2 Å². The van der Waals surface area contributed by atoms with Crippen LogP contribution in [0.5, 0.6) is 0 Å². The Labute approximate surface area is 183 Å². The minimum Gasteiger partial charge on any atom is -0.539 e. The molecule has 156 valence electrons. The summed E-state index contributed by atoms with van der Waals surface area (Å²) in [4.78, 5) is 12.1. The summed E-state index contributed by atoms with van der Waals surface area (Å²) in [6.45, 7) is 3.36. The largest absolute Gasteiger partial charge is 0.539 e. The highest BCUT2D eigenvalue weighted by atomic mass is 35.5. The van der Waals surface area contributed by atoms with Gasteiger partial charge in [0.05, 0.1) is 16.5 Å². The Kier molecular flexibility index (Phi) is 6.50. The van der Waals surface area contributed by atoms with Crippen molar-refractivity contribution in [3.8, 4) is 0 Å². The molecule has 0 aliphatic heterocycles. The molecule has 7 nitrogen and oxygen atoms in total. The van der Waals surface area contributed by atoms with E-state index in [-0.39, 0.29) is 10.8 Å². The molecule has 0 aliphatic rings. The van der Waals surface area contributed by atoms with Gasteiger partial charge in [0.15, 0.2) is 0 Å².